The molecule has 0 amide bonds. The topological polar surface area (TPSA) is 29.5 Å². The molecule has 0 saturated carbocycles. The third-order valence-corrected chi connectivity index (χ3v) is 3.32. The van der Waals surface area contributed by atoms with Crippen LogP contribution >= 0.6 is 0 Å². The third-order valence-electron chi connectivity index (χ3n) is 3.32. The molecule has 2 atom stereocenters. The molecule has 1 saturated heterocycles. The van der Waals surface area contributed by atoms with Crippen molar-refractivity contribution in [2.45, 2.75) is 44.8 Å². The van der Waals surface area contributed by atoms with E-state index in [4.69, 9.17) is 4.74 Å². The molecule has 0 spiro atoms. The van der Waals surface area contributed by atoms with Gasteiger partial charge in [0.05, 0.1) is 12.2 Å². The van der Waals surface area contributed by atoms with Gasteiger partial charge in [0, 0.05) is 6.61 Å². The van der Waals surface area contributed by atoms with Crippen molar-refractivity contribution >= 4 is 0 Å². The first kappa shape index (κ1) is 12.5. The highest BCUT2D eigenvalue weighted by Gasteiger charge is 2.19. The second kappa shape index (κ2) is 5.61. The van der Waals surface area contributed by atoms with Crippen LogP contribution in [0.25, 0.3) is 0 Å². The van der Waals surface area contributed by atoms with Crippen LogP contribution in [0.3, 0.4) is 0 Å². The summed E-state index contributed by atoms with van der Waals surface area (Å²) in [5.74, 6) is -0.222. The van der Waals surface area contributed by atoms with Crippen LogP contribution in [0.2, 0.25) is 0 Å². The standard InChI is InChI=1S/C14H19FO2/c1-10-7-12(15)5-4-11(10)8-13(16)9-14-3-2-6-17-14/h4-5,7,13-14,16H,2-3,6,8-9H2,1H3. The van der Waals surface area contributed by atoms with E-state index in [0.717, 1.165) is 30.6 Å². The highest BCUT2D eigenvalue weighted by Crippen LogP contribution is 2.20. The van der Waals surface area contributed by atoms with E-state index in [1.54, 1.807) is 6.07 Å². The zero-order valence-corrected chi connectivity index (χ0v) is 10.2. The number of aryl methyl sites for hydroxylation is 1. The fourth-order valence-corrected chi connectivity index (χ4v) is 2.36. The van der Waals surface area contributed by atoms with Crippen LogP contribution in [0.1, 0.15) is 30.4 Å². The summed E-state index contributed by atoms with van der Waals surface area (Å²) in [6, 6.07) is 4.71. The lowest BCUT2D eigenvalue weighted by atomic mass is 9.98. The maximum Gasteiger partial charge on any atom is 0.123 e. The Morgan fingerprint density at radius 2 is 2.35 bits per heavy atom. The van der Waals surface area contributed by atoms with E-state index in [2.05, 4.69) is 0 Å². The molecule has 0 aromatic heterocycles. The number of benzene rings is 1. The maximum atomic E-state index is 12.9. The highest BCUT2D eigenvalue weighted by molar-refractivity contribution is 5.27. The predicted octanol–water partition coefficient (Wildman–Crippen LogP) is 2.61. The summed E-state index contributed by atoms with van der Waals surface area (Å²) in [5.41, 5.74) is 1.91. The first-order valence-electron chi connectivity index (χ1n) is 6.20. The number of hydrogen-bond donors (Lipinski definition) is 1. The van der Waals surface area contributed by atoms with Crippen molar-refractivity contribution in [2.75, 3.05) is 6.61 Å². The highest BCUT2D eigenvalue weighted by atomic mass is 19.1. The molecule has 1 aliphatic heterocycles. The van der Waals surface area contributed by atoms with E-state index < -0.39 is 6.10 Å². The van der Waals surface area contributed by atoms with Crippen molar-refractivity contribution in [1.82, 2.24) is 0 Å². The van der Waals surface area contributed by atoms with Gasteiger partial charge in [-0.15, -0.1) is 0 Å². The van der Waals surface area contributed by atoms with E-state index in [1.807, 2.05) is 6.92 Å². The van der Waals surface area contributed by atoms with Gasteiger partial charge in [0.15, 0.2) is 0 Å². The van der Waals surface area contributed by atoms with Crippen LogP contribution in [0.4, 0.5) is 4.39 Å². The molecule has 1 heterocycles. The van der Waals surface area contributed by atoms with Crippen molar-refractivity contribution in [3.8, 4) is 0 Å². The first-order valence-corrected chi connectivity index (χ1v) is 6.20. The minimum atomic E-state index is -0.401. The monoisotopic (exact) mass is 238 g/mol. The SMILES string of the molecule is Cc1cc(F)ccc1CC(O)CC1CCCO1. The average Bonchev–Trinajstić information content (AvgIpc) is 2.75. The number of aliphatic hydroxyl groups is 1. The maximum absolute atomic E-state index is 12.9. The van der Waals surface area contributed by atoms with Crippen LogP contribution in [0.15, 0.2) is 18.2 Å². The smallest absolute Gasteiger partial charge is 0.123 e. The van der Waals surface area contributed by atoms with Gasteiger partial charge in [-0.05, 0) is 55.9 Å². The second-order valence-corrected chi connectivity index (χ2v) is 4.80. The van der Waals surface area contributed by atoms with Crippen LogP contribution in [-0.4, -0.2) is 23.9 Å². The van der Waals surface area contributed by atoms with Gasteiger partial charge in [-0.2, -0.15) is 0 Å². The summed E-state index contributed by atoms with van der Waals surface area (Å²) < 4.78 is 18.4. The van der Waals surface area contributed by atoms with E-state index in [0.29, 0.717) is 12.8 Å². The lowest BCUT2D eigenvalue weighted by molar-refractivity contribution is 0.0540. The van der Waals surface area contributed by atoms with E-state index in [-0.39, 0.29) is 11.9 Å². The minimum absolute atomic E-state index is 0.200. The summed E-state index contributed by atoms with van der Waals surface area (Å²) in [7, 11) is 0. The Hall–Kier alpha value is -0.930. The average molecular weight is 238 g/mol. The van der Waals surface area contributed by atoms with Crippen molar-refractivity contribution in [1.29, 1.82) is 0 Å². The molecule has 0 radical (unpaired) electrons. The molecule has 2 unspecified atom stereocenters. The number of ether oxygens (including phenoxy) is 1. The largest absolute Gasteiger partial charge is 0.393 e. The molecule has 3 heteroatoms. The van der Waals surface area contributed by atoms with Crippen LogP contribution in [0.5, 0.6) is 0 Å². The second-order valence-electron chi connectivity index (χ2n) is 4.80. The molecule has 1 aromatic carbocycles. The lowest BCUT2D eigenvalue weighted by Gasteiger charge is -2.16. The number of aliphatic hydroxyl groups excluding tert-OH is 1. The van der Waals surface area contributed by atoms with Crippen LogP contribution < -0.4 is 0 Å². The normalized spacial score (nSPS) is 21.7. The Kier molecular flexibility index (Phi) is 4.13. The summed E-state index contributed by atoms with van der Waals surface area (Å²) in [6.07, 6.45) is 3.18. The number of halogens is 1. The van der Waals surface area contributed by atoms with Gasteiger partial charge in [0.1, 0.15) is 5.82 Å². The van der Waals surface area contributed by atoms with Gasteiger partial charge in [0.2, 0.25) is 0 Å². The van der Waals surface area contributed by atoms with Crippen molar-refractivity contribution in [2.24, 2.45) is 0 Å². The molecule has 1 aliphatic rings. The predicted molar refractivity (Wildman–Crippen MR) is 64.4 cm³/mol. The first-order chi connectivity index (χ1) is 8.15. The molecule has 0 bridgehead atoms. The third kappa shape index (κ3) is 3.51. The summed E-state index contributed by atoms with van der Waals surface area (Å²) in [5, 5.41) is 9.98. The van der Waals surface area contributed by atoms with Crippen molar-refractivity contribution in [3.63, 3.8) is 0 Å². The summed E-state index contributed by atoms with van der Waals surface area (Å²) in [6.45, 7) is 2.68. The zero-order valence-electron chi connectivity index (χ0n) is 10.2. The Bertz CT molecular complexity index is 372. The Morgan fingerprint density at radius 3 is 3.00 bits per heavy atom. The molecule has 17 heavy (non-hydrogen) atoms. The Labute approximate surface area is 101 Å². The molecule has 2 nitrogen and oxygen atoms in total. The van der Waals surface area contributed by atoms with E-state index >= 15 is 0 Å². The molecule has 2 rings (SSSR count). The minimum Gasteiger partial charge on any atom is -0.393 e. The van der Waals surface area contributed by atoms with Crippen molar-refractivity contribution < 1.29 is 14.2 Å². The van der Waals surface area contributed by atoms with Gasteiger partial charge < -0.3 is 9.84 Å². The van der Waals surface area contributed by atoms with Gasteiger partial charge in [0.25, 0.3) is 0 Å². The summed E-state index contributed by atoms with van der Waals surface area (Å²) >= 11 is 0. The van der Waals surface area contributed by atoms with Gasteiger partial charge in [-0.1, -0.05) is 6.07 Å². The molecular weight excluding hydrogens is 219 g/mol. The fourth-order valence-electron chi connectivity index (χ4n) is 2.36. The molecule has 1 N–H and O–H groups in total. The van der Waals surface area contributed by atoms with Gasteiger partial charge in [-0.3, -0.25) is 0 Å². The quantitative estimate of drug-likeness (QED) is 0.873. The van der Waals surface area contributed by atoms with Gasteiger partial charge in [-0.25, -0.2) is 4.39 Å². The molecule has 0 aliphatic carbocycles. The lowest BCUT2D eigenvalue weighted by Crippen LogP contribution is -2.19. The fraction of sp³-hybridized carbons (Fsp3) is 0.571. The zero-order chi connectivity index (χ0) is 12.3. The Morgan fingerprint density at radius 1 is 1.53 bits per heavy atom. The molecular formula is C14H19FO2. The van der Waals surface area contributed by atoms with E-state index in [9.17, 15) is 9.50 Å². The summed E-state index contributed by atoms with van der Waals surface area (Å²) in [4.78, 5) is 0. The van der Waals surface area contributed by atoms with Crippen molar-refractivity contribution in [3.05, 3.63) is 35.1 Å². The molecule has 1 fully saturated rings. The number of hydrogen-bond acceptors (Lipinski definition) is 2. The number of rotatable bonds is 4. The molecule has 94 valence electrons. The van der Waals surface area contributed by atoms with E-state index in [1.165, 1.54) is 12.1 Å². The van der Waals surface area contributed by atoms with Crippen LogP contribution in [-0.2, 0) is 11.2 Å². The van der Waals surface area contributed by atoms with Crippen LogP contribution in [0, 0.1) is 12.7 Å². The molecule has 1 aromatic rings. The van der Waals surface area contributed by atoms with Gasteiger partial charge >= 0.3 is 0 Å². The Balaban J connectivity index is 1.90.